The minimum Gasteiger partial charge on any atom is -0.546 e. The van der Waals surface area contributed by atoms with Crippen molar-refractivity contribution in [2.45, 2.75) is 11.1 Å². The first-order valence-corrected chi connectivity index (χ1v) is 5.38. The van der Waals surface area contributed by atoms with E-state index in [1.165, 1.54) is 29.0 Å². The molecule has 0 spiro atoms. The van der Waals surface area contributed by atoms with Crippen molar-refractivity contribution in [3.05, 3.63) is 30.3 Å². The molecule has 0 saturated heterocycles. The monoisotopic (exact) mass is 253 g/mol. The van der Waals surface area contributed by atoms with E-state index in [1.54, 1.807) is 6.07 Å². The van der Waals surface area contributed by atoms with Gasteiger partial charge in [0.1, 0.15) is 0 Å². The second kappa shape index (κ2) is 6.33. The van der Waals surface area contributed by atoms with Crippen molar-refractivity contribution in [2.75, 3.05) is 0 Å². The van der Waals surface area contributed by atoms with Gasteiger partial charge in [0.25, 0.3) is 0 Å². The van der Waals surface area contributed by atoms with E-state index in [0.29, 0.717) is 0 Å². The fraction of sp³-hybridized carbons (Fsp3) is 0.125. The molecule has 8 heteroatoms. The first-order chi connectivity index (χ1) is 6.93. The van der Waals surface area contributed by atoms with Gasteiger partial charge in [0.15, 0.2) is 6.23 Å². The molecule has 0 aromatic heterocycles. The molecule has 0 aliphatic rings. The summed E-state index contributed by atoms with van der Waals surface area (Å²) in [5.41, 5.74) is 0. The number of hydrogen-bond acceptors (Lipinski definition) is 5. The van der Waals surface area contributed by atoms with E-state index in [9.17, 15) is 18.3 Å². The molecule has 1 rings (SSSR count). The molecule has 1 unspecified atom stereocenters. The Labute approximate surface area is 115 Å². The standard InChI is InChI=1S/C8H9NO5S.Na/c10-7(8(11)12)9-15(13,14)6-4-2-1-3-5-6;/h1-5,7,9-10H,(H,11,12);/q;+1/p-1. The number of aliphatic hydroxyl groups is 1. The summed E-state index contributed by atoms with van der Waals surface area (Å²) >= 11 is 0. The maximum atomic E-state index is 11.4. The van der Waals surface area contributed by atoms with E-state index in [4.69, 9.17) is 5.11 Å². The molecule has 0 aliphatic carbocycles. The average Bonchev–Trinajstić information content (AvgIpc) is 2.18. The number of nitrogens with one attached hydrogen (secondary N) is 1. The smallest absolute Gasteiger partial charge is 0.546 e. The molecule has 0 amide bonds. The Hall–Kier alpha value is -0.440. The molecular formula is C8H8NNaO5S. The van der Waals surface area contributed by atoms with Crippen molar-refractivity contribution in [3.8, 4) is 0 Å². The van der Waals surface area contributed by atoms with E-state index in [0.717, 1.165) is 0 Å². The molecule has 1 aromatic rings. The molecule has 0 aliphatic heterocycles. The van der Waals surface area contributed by atoms with Crippen LogP contribution < -0.4 is 39.4 Å². The third-order valence-corrected chi connectivity index (χ3v) is 2.97. The van der Waals surface area contributed by atoms with Crippen LogP contribution in [0.4, 0.5) is 0 Å². The predicted octanol–water partition coefficient (Wildman–Crippen LogP) is -4.96. The van der Waals surface area contributed by atoms with Gasteiger partial charge in [0, 0.05) is 0 Å². The van der Waals surface area contributed by atoms with Gasteiger partial charge in [-0.2, -0.15) is 4.72 Å². The third-order valence-electron chi connectivity index (χ3n) is 1.54. The fourth-order valence-electron chi connectivity index (χ4n) is 0.863. The molecule has 2 N–H and O–H groups in total. The number of aliphatic carboxylic acids is 1. The number of rotatable bonds is 4. The van der Waals surface area contributed by atoms with Gasteiger partial charge in [-0.05, 0) is 12.1 Å². The number of carboxylic acids is 1. The van der Waals surface area contributed by atoms with E-state index >= 15 is 0 Å². The molecule has 0 saturated carbocycles. The second-order valence-corrected chi connectivity index (χ2v) is 4.37. The minimum absolute atomic E-state index is 0. The molecule has 0 fully saturated rings. The van der Waals surface area contributed by atoms with E-state index < -0.39 is 22.2 Å². The van der Waals surface area contributed by atoms with Gasteiger partial charge in [0.2, 0.25) is 10.0 Å². The summed E-state index contributed by atoms with van der Waals surface area (Å²) in [6, 6.07) is 7.09. The number of carboxylic acid groups (broad SMARTS) is 1. The molecular weight excluding hydrogens is 245 g/mol. The molecule has 1 aromatic carbocycles. The van der Waals surface area contributed by atoms with Gasteiger partial charge in [0.05, 0.1) is 10.9 Å². The van der Waals surface area contributed by atoms with Gasteiger partial charge in [-0.1, -0.05) is 18.2 Å². The van der Waals surface area contributed by atoms with Crippen LogP contribution in [-0.2, 0) is 14.8 Å². The summed E-state index contributed by atoms with van der Waals surface area (Å²) < 4.78 is 24.3. The number of sulfonamides is 1. The normalized spacial score (nSPS) is 12.6. The maximum absolute atomic E-state index is 11.4. The van der Waals surface area contributed by atoms with E-state index in [1.807, 2.05) is 0 Å². The Morgan fingerprint density at radius 2 is 1.81 bits per heavy atom. The second-order valence-electron chi connectivity index (χ2n) is 2.66. The number of aliphatic hydroxyl groups excluding tert-OH is 1. The zero-order chi connectivity index (χ0) is 11.5. The van der Waals surface area contributed by atoms with Gasteiger partial charge >= 0.3 is 29.6 Å². The zero-order valence-electron chi connectivity index (χ0n) is 8.45. The van der Waals surface area contributed by atoms with Crippen LogP contribution in [-0.4, -0.2) is 25.7 Å². The van der Waals surface area contributed by atoms with Gasteiger partial charge < -0.3 is 15.0 Å². The predicted molar refractivity (Wildman–Crippen MR) is 47.8 cm³/mol. The molecule has 6 nitrogen and oxygen atoms in total. The summed E-state index contributed by atoms with van der Waals surface area (Å²) in [5.74, 6) is -1.91. The Bertz CT molecular complexity index is 447. The molecule has 0 bridgehead atoms. The van der Waals surface area contributed by atoms with Crippen molar-refractivity contribution >= 4 is 16.0 Å². The SMILES string of the molecule is O=C([O-])C(O)NS(=O)(=O)c1ccccc1.[Na+]. The van der Waals surface area contributed by atoms with Crippen LogP contribution in [0.5, 0.6) is 0 Å². The van der Waals surface area contributed by atoms with Crippen molar-refractivity contribution in [3.63, 3.8) is 0 Å². The van der Waals surface area contributed by atoms with Crippen molar-refractivity contribution in [1.29, 1.82) is 0 Å². The van der Waals surface area contributed by atoms with Crippen LogP contribution in [0, 0.1) is 0 Å². The largest absolute Gasteiger partial charge is 1.00 e. The quantitative estimate of drug-likeness (QED) is 0.413. The summed E-state index contributed by atoms with van der Waals surface area (Å²) in [7, 11) is -4.03. The maximum Gasteiger partial charge on any atom is 1.00 e. The summed E-state index contributed by atoms with van der Waals surface area (Å²) in [4.78, 5) is 9.99. The third kappa shape index (κ3) is 4.20. The van der Waals surface area contributed by atoms with Crippen molar-refractivity contribution in [1.82, 2.24) is 4.72 Å². The Balaban J connectivity index is 0.00000225. The van der Waals surface area contributed by atoms with Crippen molar-refractivity contribution < 1.29 is 53.0 Å². The van der Waals surface area contributed by atoms with Crippen LogP contribution in [0.25, 0.3) is 0 Å². The Morgan fingerprint density at radius 3 is 2.25 bits per heavy atom. The van der Waals surface area contributed by atoms with Gasteiger partial charge in [-0.15, -0.1) is 0 Å². The molecule has 0 heterocycles. The topological polar surface area (TPSA) is 107 Å². The van der Waals surface area contributed by atoms with Crippen LogP contribution in [0.15, 0.2) is 35.2 Å². The van der Waals surface area contributed by atoms with Crippen LogP contribution in [0.2, 0.25) is 0 Å². The molecule has 0 radical (unpaired) electrons. The number of hydrogen-bond donors (Lipinski definition) is 2. The summed E-state index contributed by atoms with van der Waals surface area (Å²) in [6.07, 6.45) is -2.25. The number of carbonyl (C=O) groups is 1. The average molecular weight is 253 g/mol. The molecule has 82 valence electrons. The number of benzene rings is 1. The van der Waals surface area contributed by atoms with Crippen LogP contribution >= 0.6 is 0 Å². The number of carbonyl (C=O) groups excluding carboxylic acids is 1. The van der Waals surface area contributed by atoms with Crippen LogP contribution in [0.3, 0.4) is 0 Å². The first kappa shape index (κ1) is 15.6. The summed E-state index contributed by atoms with van der Waals surface area (Å²) in [6.45, 7) is 0. The Kier molecular flexibility index (Phi) is 6.16. The zero-order valence-corrected chi connectivity index (χ0v) is 11.3. The van der Waals surface area contributed by atoms with Crippen molar-refractivity contribution in [2.24, 2.45) is 0 Å². The fourth-order valence-corrected chi connectivity index (χ4v) is 1.90. The summed E-state index contributed by atoms with van der Waals surface area (Å²) in [5, 5.41) is 18.9. The Morgan fingerprint density at radius 1 is 1.31 bits per heavy atom. The van der Waals surface area contributed by atoms with Gasteiger partial charge in [-0.3, -0.25) is 0 Å². The van der Waals surface area contributed by atoms with E-state index in [2.05, 4.69) is 0 Å². The van der Waals surface area contributed by atoms with Crippen LogP contribution in [0.1, 0.15) is 0 Å². The molecule has 16 heavy (non-hydrogen) atoms. The minimum atomic E-state index is -4.03. The first-order valence-electron chi connectivity index (χ1n) is 3.90. The van der Waals surface area contributed by atoms with E-state index in [-0.39, 0.29) is 34.5 Å². The molecule has 1 atom stereocenters. The van der Waals surface area contributed by atoms with Gasteiger partial charge in [-0.25, -0.2) is 8.42 Å².